The van der Waals surface area contributed by atoms with E-state index in [1.165, 1.54) is 44.1 Å². The lowest BCUT2D eigenvalue weighted by atomic mass is 9.72. The molecule has 0 radical (unpaired) electrons. The average molecular weight is 273 g/mol. The minimum Gasteiger partial charge on any atom is -0.377 e. The molecule has 0 bridgehead atoms. The van der Waals surface area contributed by atoms with Gasteiger partial charge in [0.2, 0.25) is 0 Å². The van der Waals surface area contributed by atoms with Gasteiger partial charge in [-0.1, -0.05) is 25.1 Å². The summed E-state index contributed by atoms with van der Waals surface area (Å²) in [5.74, 6) is 0. The molecule has 2 nitrogen and oxygen atoms in total. The molecule has 0 heterocycles. The SMILES string of the molecule is CCNC(Cc1ccc2c(c1)CCC2)C1(OC)CCC1. The van der Waals surface area contributed by atoms with Crippen LogP contribution in [0.3, 0.4) is 0 Å². The molecule has 0 saturated heterocycles. The Morgan fingerprint density at radius 3 is 2.65 bits per heavy atom. The number of aryl methyl sites for hydroxylation is 2. The molecular formula is C18H27NO. The normalized spacial score (nSPS) is 21.3. The Kier molecular flexibility index (Phi) is 4.13. The van der Waals surface area contributed by atoms with Gasteiger partial charge < -0.3 is 10.1 Å². The van der Waals surface area contributed by atoms with Crippen LogP contribution in [0.4, 0.5) is 0 Å². The van der Waals surface area contributed by atoms with Gasteiger partial charge in [0.05, 0.1) is 5.60 Å². The maximum atomic E-state index is 5.89. The van der Waals surface area contributed by atoms with E-state index in [1.807, 2.05) is 7.11 Å². The van der Waals surface area contributed by atoms with Crippen molar-refractivity contribution in [2.75, 3.05) is 13.7 Å². The zero-order valence-electron chi connectivity index (χ0n) is 12.9. The van der Waals surface area contributed by atoms with Crippen molar-refractivity contribution in [3.63, 3.8) is 0 Å². The van der Waals surface area contributed by atoms with E-state index in [4.69, 9.17) is 4.74 Å². The van der Waals surface area contributed by atoms with E-state index in [0.29, 0.717) is 6.04 Å². The molecule has 1 aromatic rings. The molecular weight excluding hydrogens is 246 g/mol. The minimum atomic E-state index is 0.0784. The number of methoxy groups -OCH3 is 1. The van der Waals surface area contributed by atoms with Gasteiger partial charge in [0.15, 0.2) is 0 Å². The van der Waals surface area contributed by atoms with Crippen LogP contribution in [0.25, 0.3) is 0 Å². The Balaban J connectivity index is 1.76. The number of likely N-dealkylation sites (N-methyl/N-ethyl adjacent to an activating group) is 1. The summed E-state index contributed by atoms with van der Waals surface area (Å²) in [7, 11) is 1.88. The molecule has 0 aromatic heterocycles. The molecule has 1 fully saturated rings. The van der Waals surface area contributed by atoms with Crippen molar-refractivity contribution in [2.24, 2.45) is 0 Å². The Morgan fingerprint density at radius 2 is 2.00 bits per heavy atom. The van der Waals surface area contributed by atoms with Gasteiger partial charge in [0.1, 0.15) is 0 Å². The Hall–Kier alpha value is -0.860. The Labute approximate surface area is 122 Å². The molecule has 20 heavy (non-hydrogen) atoms. The topological polar surface area (TPSA) is 21.3 Å². The Bertz CT molecular complexity index is 459. The van der Waals surface area contributed by atoms with E-state index >= 15 is 0 Å². The van der Waals surface area contributed by atoms with Crippen molar-refractivity contribution in [1.29, 1.82) is 0 Å². The lowest BCUT2D eigenvalue weighted by Gasteiger charge is -2.47. The van der Waals surface area contributed by atoms with E-state index in [2.05, 4.69) is 30.4 Å². The molecule has 2 aliphatic rings. The minimum absolute atomic E-state index is 0.0784. The molecule has 0 spiro atoms. The van der Waals surface area contributed by atoms with Crippen molar-refractivity contribution in [2.45, 2.75) is 63.5 Å². The van der Waals surface area contributed by atoms with Gasteiger partial charge in [-0.2, -0.15) is 0 Å². The molecule has 0 amide bonds. The van der Waals surface area contributed by atoms with Crippen LogP contribution in [0.5, 0.6) is 0 Å². The summed E-state index contributed by atoms with van der Waals surface area (Å²) in [5, 5.41) is 3.67. The fourth-order valence-electron chi connectivity index (χ4n) is 3.90. The van der Waals surface area contributed by atoms with Crippen molar-refractivity contribution in [1.82, 2.24) is 5.32 Å². The van der Waals surface area contributed by atoms with E-state index in [1.54, 1.807) is 11.1 Å². The summed E-state index contributed by atoms with van der Waals surface area (Å²) in [5.41, 5.74) is 4.70. The second kappa shape index (κ2) is 5.87. The molecule has 0 aliphatic heterocycles. The summed E-state index contributed by atoms with van der Waals surface area (Å²) < 4.78 is 5.89. The highest BCUT2D eigenvalue weighted by Crippen LogP contribution is 2.39. The van der Waals surface area contributed by atoms with Crippen LogP contribution in [-0.2, 0) is 24.0 Å². The number of rotatable bonds is 6. The molecule has 1 aromatic carbocycles. The second-order valence-corrected chi connectivity index (χ2v) is 6.39. The van der Waals surface area contributed by atoms with Crippen LogP contribution in [0.2, 0.25) is 0 Å². The molecule has 1 N–H and O–H groups in total. The zero-order valence-corrected chi connectivity index (χ0v) is 12.9. The summed E-state index contributed by atoms with van der Waals surface area (Å²) >= 11 is 0. The van der Waals surface area contributed by atoms with Gasteiger partial charge in [0, 0.05) is 13.2 Å². The van der Waals surface area contributed by atoms with Crippen molar-refractivity contribution in [3.8, 4) is 0 Å². The number of hydrogen-bond donors (Lipinski definition) is 1. The third-order valence-corrected chi connectivity index (χ3v) is 5.29. The molecule has 1 atom stereocenters. The highest BCUT2D eigenvalue weighted by atomic mass is 16.5. The van der Waals surface area contributed by atoms with E-state index in [-0.39, 0.29) is 5.60 Å². The Morgan fingerprint density at radius 1 is 1.20 bits per heavy atom. The summed E-state index contributed by atoms with van der Waals surface area (Å²) in [6.45, 7) is 3.21. The number of benzene rings is 1. The molecule has 2 heteroatoms. The number of nitrogens with one attached hydrogen (secondary N) is 1. The average Bonchev–Trinajstić information content (AvgIpc) is 2.86. The van der Waals surface area contributed by atoms with E-state index in [0.717, 1.165) is 13.0 Å². The fraction of sp³-hybridized carbons (Fsp3) is 0.667. The molecule has 3 rings (SSSR count). The van der Waals surface area contributed by atoms with Crippen LogP contribution < -0.4 is 5.32 Å². The highest BCUT2D eigenvalue weighted by Gasteiger charge is 2.43. The van der Waals surface area contributed by atoms with Crippen molar-refractivity contribution in [3.05, 3.63) is 34.9 Å². The number of hydrogen-bond acceptors (Lipinski definition) is 2. The van der Waals surface area contributed by atoms with Crippen LogP contribution in [-0.4, -0.2) is 25.3 Å². The quantitative estimate of drug-likeness (QED) is 0.859. The molecule has 110 valence electrons. The van der Waals surface area contributed by atoms with Crippen molar-refractivity contribution < 1.29 is 4.74 Å². The lowest BCUT2D eigenvalue weighted by molar-refractivity contribution is -0.0978. The fourth-order valence-corrected chi connectivity index (χ4v) is 3.90. The monoisotopic (exact) mass is 273 g/mol. The van der Waals surface area contributed by atoms with Crippen LogP contribution in [0, 0.1) is 0 Å². The smallest absolute Gasteiger partial charge is 0.0834 e. The van der Waals surface area contributed by atoms with Gasteiger partial charge >= 0.3 is 0 Å². The first-order valence-electron chi connectivity index (χ1n) is 8.16. The highest BCUT2D eigenvalue weighted by molar-refractivity contribution is 5.35. The predicted octanol–water partition coefficient (Wildman–Crippen LogP) is 3.27. The van der Waals surface area contributed by atoms with Crippen LogP contribution >= 0.6 is 0 Å². The third-order valence-electron chi connectivity index (χ3n) is 5.29. The first kappa shape index (κ1) is 14.1. The van der Waals surface area contributed by atoms with Gasteiger partial charge in [0.25, 0.3) is 0 Å². The van der Waals surface area contributed by atoms with Crippen molar-refractivity contribution >= 4 is 0 Å². The number of ether oxygens (including phenoxy) is 1. The summed E-state index contributed by atoms with van der Waals surface area (Å²) in [4.78, 5) is 0. The molecule has 1 saturated carbocycles. The van der Waals surface area contributed by atoms with Crippen LogP contribution in [0.1, 0.15) is 49.3 Å². The van der Waals surface area contributed by atoms with E-state index in [9.17, 15) is 0 Å². The van der Waals surface area contributed by atoms with E-state index < -0.39 is 0 Å². The third kappa shape index (κ3) is 2.51. The summed E-state index contributed by atoms with van der Waals surface area (Å²) in [6, 6.07) is 7.57. The standard InChI is InChI=1S/C18H27NO/c1-3-19-17(18(20-2)10-5-11-18)13-14-8-9-15-6-4-7-16(15)12-14/h8-9,12,17,19H,3-7,10-11,13H2,1-2H3. The maximum absolute atomic E-state index is 5.89. The number of fused-ring (bicyclic) bond motifs is 1. The maximum Gasteiger partial charge on any atom is 0.0834 e. The summed E-state index contributed by atoms with van der Waals surface area (Å²) in [6.07, 6.45) is 8.67. The molecule has 2 aliphatic carbocycles. The molecule has 1 unspecified atom stereocenters. The predicted molar refractivity (Wildman–Crippen MR) is 83.2 cm³/mol. The largest absolute Gasteiger partial charge is 0.377 e. The van der Waals surface area contributed by atoms with Gasteiger partial charge in [-0.15, -0.1) is 0 Å². The second-order valence-electron chi connectivity index (χ2n) is 6.39. The first-order valence-corrected chi connectivity index (χ1v) is 8.16. The zero-order chi connectivity index (χ0) is 14.0. The van der Waals surface area contributed by atoms with Gasteiger partial charge in [-0.25, -0.2) is 0 Å². The van der Waals surface area contributed by atoms with Gasteiger partial charge in [-0.05, 0) is 68.2 Å². The van der Waals surface area contributed by atoms with Gasteiger partial charge in [-0.3, -0.25) is 0 Å². The van der Waals surface area contributed by atoms with Crippen LogP contribution in [0.15, 0.2) is 18.2 Å². The lowest BCUT2D eigenvalue weighted by Crippen LogP contribution is -2.57. The first-order chi connectivity index (χ1) is 9.77.